The summed E-state index contributed by atoms with van der Waals surface area (Å²) in [6, 6.07) is 14.2. The van der Waals surface area contributed by atoms with Crippen molar-refractivity contribution < 1.29 is 19.1 Å². The van der Waals surface area contributed by atoms with Gasteiger partial charge < -0.3 is 15.3 Å². The Morgan fingerprint density at radius 3 is 2.79 bits per heavy atom. The number of halogens is 2. The van der Waals surface area contributed by atoms with Crippen LogP contribution in [-0.2, 0) is 25.9 Å². The molecule has 11 heteroatoms. The zero-order valence-electron chi connectivity index (χ0n) is 23.1. The molecule has 6 rings (SSSR count). The van der Waals surface area contributed by atoms with Crippen molar-refractivity contribution in [2.45, 2.75) is 32.9 Å². The average Bonchev–Trinajstić information content (AvgIpc) is 3.38. The van der Waals surface area contributed by atoms with E-state index in [2.05, 4.69) is 20.3 Å². The number of aliphatic hydroxyl groups excluding tert-OH is 1. The number of nitrogens with zero attached hydrogens (tertiary/aromatic N) is 5. The number of pyridine rings is 1. The molecule has 2 aromatic carbocycles. The summed E-state index contributed by atoms with van der Waals surface area (Å²) in [4.78, 5) is 35.7. The molecule has 4 aromatic rings. The molecule has 0 aliphatic carbocycles. The first-order valence-electron chi connectivity index (χ1n) is 13.9. The van der Waals surface area contributed by atoms with Crippen molar-refractivity contribution in [3.8, 4) is 5.69 Å². The molecule has 2 aliphatic heterocycles. The van der Waals surface area contributed by atoms with E-state index in [1.807, 2.05) is 37.3 Å². The summed E-state index contributed by atoms with van der Waals surface area (Å²) in [7, 11) is 0. The molecular formula is C31H30ClFN6O3. The number of hydrogen-bond acceptors (Lipinski definition) is 6. The van der Waals surface area contributed by atoms with E-state index in [4.69, 9.17) is 11.6 Å². The Morgan fingerprint density at radius 2 is 1.98 bits per heavy atom. The van der Waals surface area contributed by atoms with Gasteiger partial charge in [-0.05, 0) is 66.8 Å². The van der Waals surface area contributed by atoms with Crippen molar-refractivity contribution in [2.24, 2.45) is 0 Å². The van der Waals surface area contributed by atoms with E-state index in [9.17, 15) is 14.7 Å². The second-order valence-corrected chi connectivity index (χ2v) is 10.9. The molecule has 0 spiro atoms. The van der Waals surface area contributed by atoms with Gasteiger partial charge in [0.25, 0.3) is 11.8 Å². The average molecular weight is 589 g/mol. The lowest BCUT2D eigenvalue weighted by atomic mass is 9.97. The van der Waals surface area contributed by atoms with Gasteiger partial charge in [-0.1, -0.05) is 29.8 Å². The van der Waals surface area contributed by atoms with Crippen LogP contribution in [0.25, 0.3) is 5.69 Å². The summed E-state index contributed by atoms with van der Waals surface area (Å²) in [6.45, 7) is 4.64. The molecule has 0 saturated heterocycles. The van der Waals surface area contributed by atoms with Crippen molar-refractivity contribution in [3.05, 3.63) is 105 Å². The second-order valence-electron chi connectivity index (χ2n) is 10.5. The summed E-state index contributed by atoms with van der Waals surface area (Å²) in [5, 5.41) is 16.6. The first kappa shape index (κ1) is 28.0. The van der Waals surface area contributed by atoms with Gasteiger partial charge in [0.1, 0.15) is 11.4 Å². The Hall–Kier alpha value is -4.12. The number of carbonyl (C=O) groups excluding carboxylic acids is 2. The van der Waals surface area contributed by atoms with Crippen LogP contribution in [0.15, 0.2) is 54.7 Å². The molecule has 42 heavy (non-hydrogen) atoms. The molecule has 4 heterocycles. The van der Waals surface area contributed by atoms with Gasteiger partial charge in [0.15, 0.2) is 11.5 Å². The highest BCUT2D eigenvalue weighted by Crippen LogP contribution is 2.32. The topological polar surface area (TPSA) is 104 Å². The van der Waals surface area contributed by atoms with E-state index in [-0.39, 0.29) is 41.2 Å². The van der Waals surface area contributed by atoms with E-state index in [1.54, 1.807) is 17.2 Å². The Balaban J connectivity index is 1.37. The largest absolute Gasteiger partial charge is 0.395 e. The maximum Gasteiger partial charge on any atom is 0.277 e. The minimum atomic E-state index is -0.733. The number of benzene rings is 2. The van der Waals surface area contributed by atoms with Gasteiger partial charge in [0.05, 0.1) is 23.9 Å². The molecule has 0 saturated carbocycles. The van der Waals surface area contributed by atoms with Gasteiger partial charge >= 0.3 is 0 Å². The van der Waals surface area contributed by atoms with Crippen LogP contribution in [0.4, 0.5) is 10.1 Å². The quantitative estimate of drug-likeness (QED) is 0.340. The van der Waals surface area contributed by atoms with Crippen LogP contribution in [0.3, 0.4) is 0 Å². The van der Waals surface area contributed by atoms with Crippen molar-refractivity contribution in [2.75, 3.05) is 31.1 Å². The summed E-state index contributed by atoms with van der Waals surface area (Å²) < 4.78 is 16.5. The Morgan fingerprint density at radius 1 is 1.12 bits per heavy atom. The molecule has 0 fully saturated rings. The fourth-order valence-corrected chi connectivity index (χ4v) is 5.84. The minimum absolute atomic E-state index is 0.0151. The van der Waals surface area contributed by atoms with Crippen molar-refractivity contribution in [3.63, 3.8) is 0 Å². The fourth-order valence-electron chi connectivity index (χ4n) is 5.67. The maximum absolute atomic E-state index is 15.3. The van der Waals surface area contributed by atoms with Crippen LogP contribution in [0, 0.1) is 12.7 Å². The number of rotatable bonds is 7. The van der Waals surface area contributed by atoms with E-state index in [0.29, 0.717) is 43.0 Å². The molecule has 9 nitrogen and oxygen atoms in total. The van der Waals surface area contributed by atoms with Gasteiger partial charge in [-0.3, -0.25) is 19.5 Å². The zero-order chi connectivity index (χ0) is 29.4. The number of fused-ring (bicyclic) bond motifs is 2. The predicted octanol–water partition coefficient (Wildman–Crippen LogP) is 3.85. The molecule has 2 aromatic heterocycles. The highest BCUT2D eigenvalue weighted by atomic mass is 35.5. The lowest BCUT2D eigenvalue weighted by Gasteiger charge is -2.31. The first-order valence-corrected chi connectivity index (χ1v) is 14.3. The number of carbonyl (C=O) groups is 2. The predicted molar refractivity (Wildman–Crippen MR) is 157 cm³/mol. The molecule has 0 radical (unpaired) electrons. The maximum atomic E-state index is 15.3. The number of β-amino-alcohol motifs (C(OH)–C–C–N with tert-alkyl or cyclic N) is 1. The van der Waals surface area contributed by atoms with Crippen molar-refractivity contribution in [1.29, 1.82) is 0 Å². The summed E-state index contributed by atoms with van der Waals surface area (Å²) in [5.74, 6) is -1.59. The molecule has 0 unspecified atom stereocenters. The van der Waals surface area contributed by atoms with Crippen molar-refractivity contribution >= 4 is 29.1 Å². The number of aromatic nitrogens is 3. The van der Waals surface area contributed by atoms with Gasteiger partial charge in [0.2, 0.25) is 0 Å². The minimum Gasteiger partial charge on any atom is -0.395 e. The molecule has 2 amide bonds. The molecule has 2 aliphatic rings. The SMILES string of the molecule is Cc1cccnc1CNC(=O)c1nn(-c2cccc(Cl)c2F)c2c1CCN(c1ccc3c(c1)CN(CCO)CC3)C2=O. The van der Waals surface area contributed by atoms with Crippen molar-refractivity contribution in [1.82, 2.24) is 25.0 Å². The monoisotopic (exact) mass is 588 g/mol. The van der Waals surface area contributed by atoms with E-state index >= 15 is 4.39 Å². The van der Waals surface area contributed by atoms with Crippen LogP contribution >= 0.6 is 11.6 Å². The standard InChI is InChI=1S/C31H30ClFN6O3/c1-19-4-3-11-34-25(19)17-35-30(41)28-23-10-13-38(22-8-7-20-9-12-37(14-15-40)18-21(20)16-22)31(42)29(23)39(36-28)26-6-2-5-24(32)27(26)33/h2-8,11,16,40H,9-10,12-15,17-18H2,1H3,(H,35,41). The highest BCUT2D eigenvalue weighted by molar-refractivity contribution is 6.30. The van der Waals surface area contributed by atoms with Crippen LogP contribution in [0.5, 0.6) is 0 Å². The number of anilines is 1. The van der Waals surface area contributed by atoms with Gasteiger partial charge in [-0.25, -0.2) is 9.07 Å². The Kier molecular flexibility index (Phi) is 7.76. The number of amides is 2. The van der Waals surface area contributed by atoms with Crippen LogP contribution in [0.1, 0.15) is 48.9 Å². The van der Waals surface area contributed by atoms with E-state index < -0.39 is 11.7 Å². The van der Waals surface area contributed by atoms with Crippen LogP contribution in [-0.4, -0.2) is 62.8 Å². The van der Waals surface area contributed by atoms with Gasteiger partial charge in [0, 0.05) is 43.6 Å². The van der Waals surface area contributed by atoms with E-state index in [1.165, 1.54) is 22.4 Å². The fraction of sp³-hybridized carbons (Fsp3) is 0.290. The third-order valence-electron chi connectivity index (χ3n) is 7.93. The third kappa shape index (κ3) is 5.17. The molecule has 2 N–H and O–H groups in total. The second kappa shape index (κ2) is 11.6. The number of nitrogens with one attached hydrogen (secondary N) is 1. The number of hydrogen-bond donors (Lipinski definition) is 2. The Bertz CT molecular complexity index is 1690. The molecular weight excluding hydrogens is 559 g/mol. The molecule has 0 bridgehead atoms. The molecule has 0 atom stereocenters. The lowest BCUT2D eigenvalue weighted by Crippen LogP contribution is -2.39. The van der Waals surface area contributed by atoms with Gasteiger partial charge in [-0.15, -0.1) is 0 Å². The van der Waals surface area contributed by atoms with Gasteiger partial charge in [-0.2, -0.15) is 5.10 Å². The highest BCUT2D eigenvalue weighted by Gasteiger charge is 2.36. The first-order chi connectivity index (χ1) is 20.4. The van der Waals surface area contributed by atoms with Crippen LogP contribution in [0.2, 0.25) is 5.02 Å². The number of aliphatic hydroxyl groups is 1. The molecule has 216 valence electrons. The Labute approximate surface area is 247 Å². The summed E-state index contributed by atoms with van der Waals surface area (Å²) in [5.41, 5.74) is 5.31. The lowest BCUT2D eigenvalue weighted by molar-refractivity contribution is 0.0943. The summed E-state index contributed by atoms with van der Waals surface area (Å²) in [6.07, 6.45) is 2.87. The third-order valence-corrected chi connectivity index (χ3v) is 8.23. The summed E-state index contributed by atoms with van der Waals surface area (Å²) >= 11 is 6.09. The van der Waals surface area contributed by atoms with Crippen LogP contribution < -0.4 is 10.2 Å². The normalized spacial score (nSPS) is 15.0. The smallest absolute Gasteiger partial charge is 0.277 e. The van der Waals surface area contributed by atoms with E-state index in [0.717, 1.165) is 24.1 Å². The zero-order valence-corrected chi connectivity index (χ0v) is 23.9. The number of aryl methyl sites for hydroxylation is 1.